The molecule has 1 saturated heterocycles. The molecular weight excluding hydrogens is 348 g/mol. The molecule has 1 unspecified atom stereocenters. The molecule has 0 aliphatic carbocycles. The predicted octanol–water partition coefficient (Wildman–Crippen LogP) is 0.0636. The molecule has 1 aromatic rings. The Labute approximate surface area is 129 Å². The fourth-order valence-electron chi connectivity index (χ4n) is 1.65. The molecule has 3 N–H and O–H groups in total. The summed E-state index contributed by atoms with van der Waals surface area (Å²) in [6, 6.07) is 5.31. The fraction of sp³-hybridized carbons (Fsp3) is 0.333. The van der Waals surface area contributed by atoms with Gasteiger partial charge in [-0.25, -0.2) is 4.79 Å². The van der Waals surface area contributed by atoms with E-state index in [1.807, 2.05) is 0 Å². The topological polar surface area (TPSA) is 125 Å². The van der Waals surface area contributed by atoms with Gasteiger partial charge in [-0.1, -0.05) is 0 Å². The standard InChI is InChI=1S/C11H12BrNO4.CH3NO2/c1-16-10-3-2-7(4-9(10)12)13-5-8(6-14)17-11(13)15;2-1(3)4/h2-4,8,14H,5-6H2,1H3;2H2,(H,3,4)/p-1. The normalized spacial score (nSPS) is 16.8. The molecule has 21 heavy (non-hydrogen) atoms. The molecule has 0 aromatic heterocycles. The highest BCUT2D eigenvalue weighted by molar-refractivity contribution is 9.10. The van der Waals surface area contributed by atoms with E-state index < -0.39 is 18.3 Å². The number of methoxy groups -OCH3 is 1. The smallest absolute Gasteiger partial charge is 0.414 e. The first-order valence-electron chi connectivity index (χ1n) is 5.78. The van der Waals surface area contributed by atoms with Gasteiger partial charge < -0.3 is 30.2 Å². The van der Waals surface area contributed by atoms with Gasteiger partial charge in [0.2, 0.25) is 0 Å². The third-order valence-electron chi connectivity index (χ3n) is 2.52. The third-order valence-corrected chi connectivity index (χ3v) is 3.14. The summed E-state index contributed by atoms with van der Waals surface area (Å²) in [5, 5.41) is 17.6. The van der Waals surface area contributed by atoms with Crippen LogP contribution in [0.4, 0.5) is 15.3 Å². The molecule has 1 fully saturated rings. The van der Waals surface area contributed by atoms with E-state index in [1.54, 1.807) is 25.3 Å². The molecule has 9 heteroatoms. The van der Waals surface area contributed by atoms with E-state index in [2.05, 4.69) is 21.7 Å². The minimum Gasteiger partial charge on any atom is -0.530 e. The molecule has 1 heterocycles. The number of cyclic esters (lactones) is 1. The van der Waals surface area contributed by atoms with Crippen LogP contribution >= 0.6 is 15.9 Å². The average Bonchev–Trinajstić information content (AvgIpc) is 2.79. The number of hydrogen-bond acceptors (Lipinski definition) is 6. The van der Waals surface area contributed by atoms with Gasteiger partial charge in [-0.05, 0) is 34.1 Å². The number of carbonyl (C=O) groups is 2. The minimum absolute atomic E-state index is 0.167. The third kappa shape index (κ3) is 4.80. The Balaban J connectivity index is 0.000000491. The summed E-state index contributed by atoms with van der Waals surface area (Å²) in [5.41, 5.74) is 4.62. The first-order chi connectivity index (χ1) is 9.88. The zero-order valence-corrected chi connectivity index (χ0v) is 12.7. The van der Waals surface area contributed by atoms with Crippen molar-refractivity contribution in [2.75, 3.05) is 25.2 Å². The molecule has 8 nitrogen and oxygen atoms in total. The second-order valence-corrected chi connectivity index (χ2v) is 4.79. The van der Waals surface area contributed by atoms with E-state index in [1.165, 1.54) is 4.90 Å². The Morgan fingerprint density at radius 2 is 2.29 bits per heavy atom. The quantitative estimate of drug-likeness (QED) is 0.784. The molecule has 116 valence electrons. The summed E-state index contributed by atoms with van der Waals surface area (Å²) in [6.45, 7) is 0.188. The van der Waals surface area contributed by atoms with Gasteiger partial charge in [-0.15, -0.1) is 0 Å². The number of aliphatic hydroxyl groups excluding tert-OH is 1. The monoisotopic (exact) mass is 361 g/mol. The lowest BCUT2D eigenvalue weighted by molar-refractivity contribution is -0.245. The Kier molecular flexibility index (Phi) is 6.25. The number of primary amides is 1. The van der Waals surface area contributed by atoms with Crippen LogP contribution in [0.25, 0.3) is 0 Å². The summed E-state index contributed by atoms with van der Waals surface area (Å²) in [5.74, 6) is 0.694. The van der Waals surface area contributed by atoms with Crippen molar-refractivity contribution >= 4 is 33.8 Å². The van der Waals surface area contributed by atoms with Gasteiger partial charge >= 0.3 is 6.09 Å². The maximum atomic E-state index is 11.6. The van der Waals surface area contributed by atoms with Crippen LogP contribution < -0.4 is 20.5 Å². The maximum absolute atomic E-state index is 11.6. The molecule has 0 radical (unpaired) electrons. The Morgan fingerprint density at radius 3 is 2.71 bits per heavy atom. The number of ether oxygens (including phenoxy) is 2. The van der Waals surface area contributed by atoms with E-state index >= 15 is 0 Å². The number of hydrogen-bond donors (Lipinski definition) is 2. The second-order valence-electron chi connectivity index (χ2n) is 3.94. The van der Waals surface area contributed by atoms with Crippen molar-refractivity contribution < 1.29 is 29.3 Å². The SMILES string of the molecule is COc1ccc(N2CC(CO)OC2=O)cc1Br.NC(=O)[O-]. The Bertz CT molecular complexity index is 520. The maximum Gasteiger partial charge on any atom is 0.414 e. The fourth-order valence-corrected chi connectivity index (χ4v) is 2.18. The van der Waals surface area contributed by atoms with Gasteiger partial charge in [0, 0.05) is 5.69 Å². The van der Waals surface area contributed by atoms with Gasteiger partial charge in [0.05, 0.1) is 24.7 Å². The van der Waals surface area contributed by atoms with Crippen molar-refractivity contribution in [2.45, 2.75) is 6.10 Å². The molecule has 0 bridgehead atoms. The largest absolute Gasteiger partial charge is 0.530 e. The molecule has 2 amide bonds. The summed E-state index contributed by atoms with van der Waals surface area (Å²) in [7, 11) is 1.58. The summed E-state index contributed by atoms with van der Waals surface area (Å²) in [4.78, 5) is 21.7. The van der Waals surface area contributed by atoms with Crippen LogP contribution in [0.3, 0.4) is 0 Å². The number of anilines is 1. The van der Waals surface area contributed by atoms with Gasteiger partial charge in [-0.3, -0.25) is 4.90 Å². The highest BCUT2D eigenvalue weighted by atomic mass is 79.9. The van der Waals surface area contributed by atoms with Crippen LogP contribution in [0.1, 0.15) is 0 Å². The average molecular weight is 362 g/mol. The molecule has 0 spiro atoms. The number of carbonyl (C=O) groups excluding carboxylic acids is 2. The predicted molar refractivity (Wildman–Crippen MR) is 75.0 cm³/mol. The lowest BCUT2D eigenvalue weighted by Gasteiger charge is -2.14. The molecule has 1 aliphatic rings. The van der Waals surface area contributed by atoms with Crippen LogP contribution in [-0.2, 0) is 4.74 Å². The number of nitrogens with zero attached hydrogens (tertiary/aromatic N) is 1. The van der Waals surface area contributed by atoms with Gasteiger partial charge in [0.15, 0.2) is 0 Å². The van der Waals surface area contributed by atoms with Crippen molar-refractivity contribution in [3.05, 3.63) is 22.7 Å². The molecular formula is C12H14BrN2O6-. The second kappa shape index (κ2) is 7.70. The van der Waals surface area contributed by atoms with E-state index in [0.29, 0.717) is 18.0 Å². The summed E-state index contributed by atoms with van der Waals surface area (Å²) < 4.78 is 10.8. The Hall–Kier alpha value is -2.00. The van der Waals surface area contributed by atoms with Crippen LogP contribution in [0.5, 0.6) is 5.75 Å². The van der Waals surface area contributed by atoms with Crippen LogP contribution in [-0.4, -0.2) is 43.7 Å². The van der Waals surface area contributed by atoms with Crippen molar-refractivity contribution in [3.63, 3.8) is 0 Å². The van der Waals surface area contributed by atoms with Gasteiger partial charge in [0.1, 0.15) is 17.9 Å². The number of carboxylic acid groups (broad SMARTS) is 1. The number of halogens is 1. The summed E-state index contributed by atoms with van der Waals surface area (Å²) >= 11 is 3.35. The van der Waals surface area contributed by atoms with E-state index in [-0.39, 0.29) is 6.61 Å². The van der Waals surface area contributed by atoms with Crippen molar-refractivity contribution in [3.8, 4) is 5.75 Å². The highest BCUT2D eigenvalue weighted by Gasteiger charge is 2.31. The first kappa shape index (κ1) is 17.1. The number of amides is 2. The molecule has 1 atom stereocenters. The first-order valence-corrected chi connectivity index (χ1v) is 6.57. The summed E-state index contributed by atoms with van der Waals surface area (Å²) in [6.07, 6.45) is -2.48. The van der Waals surface area contributed by atoms with E-state index in [0.717, 1.165) is 4.47 Å². The number of nitrogens with two attached hydrogens (primary N) is 1. The molecule has 1 aliphatic heterocycles. The van der Waals surface area contributed by atoms with Crippen molar-refractivity contribution in [2.24, 2.45) is 5.73 Å². The van der Waals surface area contributed by atoms with Gasteiger partial charge in [-0.2, -0.15) is 0 Å². The lowest BCUT2D eigenvalue weighted by Crippen LogP contribution is -2.29. The number of benzene rings is 1. The zero-order chi connectivity index (χ0) is 16.0. The molecule has 1 aromatic carbocycles. The zero-order valence-electron chi connectivity index (χ0n) is 11.1. The van der Waals surface area contributed by atoms with Crippen LogP contribution in [0.15, 0.2) is 22.7 Å². The van der Waals surface area contributed by atoms with Crippen LogP contribution in [0.2, 0.25) is 0 Å². The molecule has 2 rings (SSSR count). The van der Waals surface area contributed by atoms with E-state index in [9.17, 15) is 4.79 Å². The number of aliphatic hydroxyl groups is 1. The van der Waals surface area contributed by atoms with Gasteiger partial charge in [0.25, 0.3) is 0 Å². The lowest BCUT2D eigenvalue weighted by atomic mass is 10.2. The highest BCUT2D eigenvalue weighted by Crippen LogP contribution is 2.31. The number of rotatable bonds is 3. The van der Waals surface area contributed by atoms with Crippen LogP contribution in [0, 0.1) is 0 Å². The Morgan fingerprint density at radius 1 is 1.67 bits per heavy atom. The van der Waals surface area contributed by atoms with E-state index in [4.69, 9.17) is 24.5 Å². The minimum atomic E-state index is -1.58. The van der Waals surface area contributed by atoms with Crippen molar-refractivity contribution in [1.82, 2.24) is 0 Å². The molecule has 0 saturated carbocycles. The van der Waals surface area contributed by atoms with Crippen molar-refractivity contribution in [1.29, 1.82) is 0 Å².